The van der Waals surface area contributed by atoms with Crippen LogP contribution < -0.4 is 10.1 Å². The van der Waals surface area contributed by atoms with Gasteiger partial charge in [-0.3, -0.25) is 9.58 Å². The highest BCUT2D eigenvalue weighted by Gasteiger charge is 2.25. The molecule has 4 aromatic rings. The van der Waals surface area contributed by atoms with Gasteiger partial charge in [-0.1, -0.05) is 5.92 Å². The number of fused-ring (bicyclic) bond motifs is 1. The summed E-state index contributed by atoms with van der Waals surface area (Å²) in [7, 11) is 3.99. The summed E-state index contributed by atoms with van der Waals surface area (Å²) in [5.74, 6) is 3.96. The maximum atomic E-state index is 6.20. The number of terminal acetylenes is 1. The Bertz CT molecular complexity index is 1300. The monoisotopic (exact) mass is 410 g/mol. The molecule has 1 aliphatic heterocycles. The molecule has 3 heterocycles. The summed E-state index contributed by atoms with van der Waals surface area (Å²) in [5, 5.41) is 8.52. The summed E-state index contributed by atoms with van der Waals surface area (Å²) < 4.78 is 7.98. The minimum absolute atomic E-state index is 0.198. The Kier molecular flexibility index (Phi) is 4.77. The molecule has 0 saturated carbocycles. The van der Waals surface area contributed by atoms with Crippen LogP contribution in [0.3, 0.4) is 0 Å². The first-order chi connectivity index (χ1) is 15.1. The zero-order valence-corrected chi connectivity index (χ0v) is 17.4. The van der Waals surface area contributed by atoms with E-state index in [1.807, 2.05) is 55.8 Å². The van der Waals surface area contributed by atoms with Gasteiger partial charge in [0.05, 0.1) is 11.7 Å². The van der Waals surface area contributed by atoms with Gasteiger partial charge in [0.1, 0.15) is 11.9 Å². The number of aryl methyl sites for hydroxylation is 1. The summed E-state index contributed by atoms with van der Waals surface area (Å²) in [5.41, 5.74) is 4.52. The number of anilines is 2. The molecule has 5 rings (SSSR count). The number of nitrogens with one attached hydrogen (secondary N) is 1. The van der Waals surface area contributed by atoms with E-state index in [1.54, 1.807) is 10.9 Å². The van der Waals surface area contributed by atoms with Crippen LogP contribution in [0.4, 0.5) is 11.6 Å². The summed E-state index contributed by atoms with van der Waals surface area (Å²) in [6.07, 6.45) is 11.3. The highest BCUT2D eigenvalue weighted by atomic mass is 16.5. The summed E-state index contributed by atoms with van der Waals surface area (Å²) in [4.78, 5) is 11.3. The van der Waals surface area contributed by atoms with Crippen molar-refractivity contribution in [1.29, 1.82) is 0 Å². The summed E-state index contributed by atoms with van der Waals surface area (Å²) >= 11 is 0. The van der Waals surface area contributed by atoms with Crippen LogP contribution in [0.2, 0.25) is 0 Å². The summed E-state index contributed by atoms with van der Waals surface area (Å²) in [6, 6.07) is 11.8. The van der Waals surface area contributed by atoms with E-state index in [9.17, 15) is 0 Å². The molecule has 1 aliphatic rings. The number of hydrogen-bond donors (Lipinski definition) is 1. The lowest BCUT2D eigenvalue weighted by Gasteiger charge is -2.36. The van der Waals surface area contributed by atoms with E-state index in [-0.39, 0.29) is 6.10 Å². The molecule has 0 spiro atoms. The second-order valence-electron chi connectivity index (χ2n) is 7.85. The van der Waals surface area contributed by atoms with Crippen molar-refractivity contribution in [2.24, 2.45) is 7.05 Å². The average Bonchev–Trinajstić information content (AvgIpc) is 3.18. The Labute approximate surface area is 180 Å². The topological polar surface area (TPSA) is 68.1 Å². The number of likely N-dealkylation sites (N-methyl/N-ethyl adjacent to an activating group) is 1. The van der Waals surface area contributed by atoms with Gasteiger partial charge in [-0.15, -0.1) is 6.42 Å². The third-order valence-electron chi connectivity index (χ3n) is 5.28. The molecular formula is C24H22N6O. The van der Waals surface area contributed by atoms with Crippen molar-refractivity contribution >= 4 is 22.5 Å². The molecule has 1 fully saturated rings. The van der Waals surface area contributed by atoms with Crippen molar-refractivity contribution in [3.8, 4) is 29.2 Å². The Balaban J connectivity index is 1.47. The number of nitrogens with zero attached hydrogens (tertiary/aromatic N) is 5. The fourth-order valence-electron chi connectivity index (χ4n) is 3.70. The first-order valence-corrected chi connectivity index (χ1v) is 10.1. The molecule has 31 heavy (non-hydrogen) atoms. The third kappa shape index (κ3) is 4.06. The normalized spacial score (nSPS) is 14.2. The van der Waals surface area contributed by atoms with Crippen molar-refractivity contribution < 1.29 is 4.74 Å². The average molecular weight is 410 g/mol. The molecule has 154 valence electrons. The number of benzene rings is 2. The lowest BCUT2D eigenvalue weighted by Crippen LogP contribution is -2.51. The Morgan fingerprint density at radius 2 is 1.97 bits per heavy atom. The van der Waals surface area contributed by atoms with Gasteiger partial charge in [0.2, 0.25) is 5.95 Å². The second kappa shape index (κ2) is 7.74. The lowest BCUT2D eigenvalue weighted by molar-refractivity contribution is 0.0389. The highest BCUT2D eigenvalue weighted by Crippen LogP contribution is 2.31. The first kappa shape index (κ1) is 19.1. The number of aromatic nitrogens is 4. The van der Waals surface area contributed by atoms with E-state index in [0.717, 1.165) is 52.1 Å². The Hall–Kier alpha value is -3.89. The number of likely N-dealkylation sites (tertiary alicyclic amines) is 1. The quantitative estimate of drug-likeness (QED) is 0.509. The predicted molar refractivity (Wildman–Crippen MR) is 121 cm³/mol. The van der Waals surface area contributed by atoms with Crippen LogP contribution in [0.25, 0.3) is 22.0 Å². The molecule has 0 aliphatic carbocycles. The van der Waals surface area contributed by atoms with Crippen LogP contribution in [0.15, 0.2) is 55.0 Å². The van der Waals surface area contributed by atoms with Gasteiger partial charge in [0, 0.05) is 60.8 Å². The van der Waals surface area contributed by atoms with Crippen LogP contribution >= 0.6 is 0 Å². The molecule has 2 aromatic carbocycles. The van der Waals surface area contributed by atoms with E-state index >= 15 is 0 Å². The highest BCUT2D eigenvalue weighted by molar-refractivity contribution is 5.81. The maximum Gasteiger partial charge on any atom is 0.227 e. The van der Waals surface area contributed by atoms with Crippen molar-refractivity contribution in [1.82, 2.24) is 24.6 Å². The SMILES string of the molecule is C#Cc1ccc2nc(Nc3cc(OC4CN(C)C4)cc(-c4cnn(C)c4)c3)ncc2c1. The fraction of sp³-hybridized carbons (Fsp3) is 0.208. The van der Waals surface area contributed by atoms with E-state index in [2.05, 4.69) is 38.3 Å². The maximum absolute atomic E-state index is 6.20. The standard InChI is InChI=1S/C24H22N6O/c1-4-16-5-6-23-18(7-16)11-25-24(28-23)27-20-8-17(19-12-26-30(3)13-19)9-21(10-20)31-22-14-29(2)15-22/h1,5-13,22H,14-15H2,2-3H3,(H,25,27,28). The van der Waals surface area contributed by atoms with Crippen molar-refractivity contribution in [3.63, 3.8) is 0 Å². The number of rotatable bonds is 5. The van der Waals surface area contributed by atoms with E-state index in [0.29, 0.717) is 5.95 Å². The smallest absolute Gasteiger partial charge is 0.227 e. The van der Waals surface area contributed by atoms with E-state index < -0.39 is 0 Å². The molecular weight excluding hydrogens is 388 g/mol. The van der Waals surface area contributed by atoms with Gasteiger partial charge < -0.3 is 10.1 Å². The molecule has 0 amide bonds. The zero-order chi connectivity index (χ0) is 21.4. The molecule has 0 radical (unpaired) electrons. The van der Waals surface area contributed by atoms with Gasteiger partial charge >= 0.3 is 0 Å². The van der Waals surface area contributed by atoms with Gasteiger partial charge in [-0.2, -0.15) is 5.10 Å². The van der Waals surface area contributed by atoms with Crippen LogP contribution in [-0.2, 0) is 7.05 Å². The number of ether oxygens (including phenoxy) is 1. The van der Waals surface area contributed by atoms with Crippen molar-refractivity contribution in [3.05, 3.63) is 60.6 Å². The molecule has 7 heteroatoms. The van der Waals surface area contributed by atoms with Crippen LogP contribution in [0.5, 0.6) is 5.75 Å². The number of hydrogen-bond acceptors (Lipinski definition) is 6. The van der Waals surface area contributed by atoms with Gasteiger partial charge in [0.25, 0.3) is 0 Å². The minimum atomic E-state index is 0.198. The Morgan fingerprint density at radius 1 is 1.10 bits per heavy atom. The summed E-state index contributed by atoms with van der Waals surface area (Å²) in [6.45, 7) is 1.85. The molecule has 2 aromatic heterocycles. The fourth-order valence-corrected chi connectivity index (χ4v) is 3.70. The lowest BCUT2D eigenvalue weighted by atomic mass is 10.1. The second-order valence-corrected chi connectivity index (χ2v) is 7.85. The largest absolute Gasteiger partial charge is 0.488 e. The van der Waals surface area contributed by atoms with Crippen LogP contribution in [-0.4, -0.2) is 50.9 Å². The molecule has 1 saturated heterocycles. The minimum Gasteiger partial charge on any atom is -0.488 e. The molecule has 0 unspecified atom stereocenters. The van der Waals surface area contributed by atoms with Gasteiger partial charge in [0.15, 0.2) is 0 Å². The van der Waals surface area contributed by atoms with Crippen LogP contribution in [0, 0.1) is 12.3 Å². The third-order valence-corrected chi connectivity index (χ3v) is 5.28. The predicted octanol–water partition coefficient (Wildman–Crippen LogP) is 3.45. The van der Waals surface area contributed by atoms with Crippen LogP contribution in [0.1, 0.15) is 5.56 Å². The van der Waals surface area contributed by atoms with E-state index in [1.165, 1.54) is 0 Å². The van der Waals surface area contributed by atoms with Crippen molar-refractivity contribution in [2.75, 3.05) is 25.5 Å². The molecule has 0 atom stereocenters. The Morgan fingerprint density at radius 3 is 2.71 bits per heavy atom. The molecule has 7 nitrogen and oxygen atoms in total. The van der Waals surface area contributed by atoms with Gasteiger partial charge in [-0.25, -0.2) is 9.97 Å². The molecule has 0 bridgehead atoms. The van der Waals surface area contributed by atoms with E-state index in [4.69, 9.17) is 11.2 Å². The first-order valence-electron chi connectivity index (χ1n) is 10.1. The van der Waals surface area contributed by atoms with Crippen molar-refractivity contribution in [2.45, 2.75) is 6.10 Å². The zero-order valence-electron chi connectivity index (χ0n) is 17.4. The van der Waals surface area contributed by atoms with Gasteiger partial charge in [-0.05, 0) is 42.9 Å². The molecule has 1 N–H and O–H groups in total.